The molecule has 0 amide bonds. The Morgan fingerprint density at radius 1 is 0.478 bits per heavy atom. The summed E-state index contributed by atoms with van der Waals surface area (Å²) >= 11 is -3.98. The normalized spacial score (nSPS) is 10.8. The summed E-state index contributed by atoms with van der Waals surface area (Å²) in [5.74, 6) is 2.30. The predicted molar refractivity (Wildman–Crippen MR) is 87.1 cm³/mol. The molecule has 0 heterocycles. The molecule has 0 radical (unpaired) electrons. The molecule has 116 valence electrons. The fraction of sp³-hybridized carbons (Fsp3) is 0.0526. The van der Waals surface area contributed by atoms with Crippen LogP contribution in [0.15, 0.2) is 91.0 Å². The molecule has 23 heavy (non-hydrogen) atoms. The van der Waals surface area contributed by atoms with E-state index >= 15 is 0 Å². The summed E-state index contributed by atoms with van der Waals surface area (Å²) < 4.78 is 20.5. The molecule has 0 spiro atoms. The Labute approximate surface area is 142 Å². The van der Waals surface area contributed by atoms with Crippen molar-refractivity contribution in [2.45, 2.75) is 4.68 Å². The van der Waals surface area contributed by atoms with Crippen molar-refractivity contribution < 1.29 is 29.8 Å². The van der Waals surface area contributed by atoms with Gasteiger partial charge in [0.05, 0.1) is 0 Å². The van der Waals surface area contributed by atoms with Crippen LogP contribution in [0.5, 0.6) is 17.2 Å². The van der Waals surface area contributed by atoms with Crippen LogP contribution in [-0.2, 0) is 21.3 Å². The third-order valence-corrected chi connectivity index (χ3v) is 9.68. The number of hydrogen-bond donors (Lipinski definition) is 0. The van der Waals surface area contributed by atoms with Gasteiger partial charge in [0, 0.05) is 0 Å². The molecule has 0 saturated heterocycles. The minimum atomic E-state index is -3.98. The number of rotatable bonds is 6. The predicted octanol–water partition coefficient (Wildman–Crippen LogP) is 5.17. The van der Waals surface area contributed by atoms with E-state index < -0.39 is 21.3 Å². The summed E-state index contributed by atoms with van der Waals surface area (Å²) in [6.07, 6.45) is 0. The van der Waals surface area contributed by atoms with Crippen LogP contribution in [0.4, 0.5) is 0 Å². The second-order valence-corrected chi connectivity index (χ2v) is 13.5. The average molecular weight is 473 g/mol. The van der Waals surface area contributed by atoms with Crippen LogP contribution in [0.3, 0.4) is 0 Å². The van der Waals surface area contributed by atoms with Gasteiger partial charge in [-0.1, -0.05) is 0 Å². The van der Waals surface area contributed by atoms with Crippen molar-refractivity contribution in [3.8, 4) is 17.2 Å². The Bertz CT molecular complexity index is 616. The number of benzene rings is 3. The standard InChI is InChI=1S/3C6H6O.CH3.Hf/c3*7-6-4-2-1-3-5-6;;/h3*1-5,7H;1H3;/q;;;;+3/p-3. The van der Waals surface area contributed by atoms with Gasteiger partial charge in [-0.05, 0) is 0 Å². The van der Waals surface area contributed by atoms with E-state index in [0.29, 0.717) is 0 Å². The summed E-state index contributed by atoms with van der Waals surface area (Å²) in [6.45, 7) is 0. The molecule has 0 bridgehead atoms. The van der Waals surface area contributed by atoms with Gasteiger partial charge in [0.15, 0.2) is 0 Å². The first kappa shape index (κ1) is 15.8. The fourth-order valence-corrected chi connectivity index (χ4v) is 8.70. The van der Waals surface area contributed by atoms with E-state index in [4.69, 9.17) is 8.56 Å². The summed E-state index contributed by atoms with van der Waals surface area (Å²) in [5.41, 5.74) is 0. The van der Waals surface area contributed by atoms with Gasteiger partial charge in [-0.3, -0.25) is 0 Å². The Kier molecular flexibility index (Phi) is 5.13. The van der Waals surface area contributed by atoms with Gasteiger partial charge < -0.3 is 0 Å². The van der Waals surface area contributed by atoms with Gasteiger partial charge in [0.1, 0.15) is 0 Å². The maximum absolute atomic E-state index is 6.19. The van der Waals surface area contributed by atoms with Crippen molar-refractivity contribution in [3.05, 3.63) is 91.0 Å². The van der Waals surface area contributed by atoms with Crippen molar-refractivity contribution in [3.63, 3.8) is 0 Å². The van der Waals surface area contributed by atoms with E-state index in [9.17, 15) is 0 Å². The van der Waals surface area contributed by atoms with Gasteiger partial charge in [0.2, 0.25) is 0 Å². The maximum atomic E-state index is 6.19. The molecule has 0 atom stereocenters. The van der Waals surface area contributed by atoms with Gasteiger partial charge in [-0.25, -0.2) is 0 Å². The van der Waals surface area contributed by atoms with E-state index in [0.717, 1.165) is 17.2 Å². The van der Waals surface area contributed by atoms with E-state index in [1.807, 2.05) is 95.7 Å². The zero-order valence-electron chi connectivity index (χ0n) is 12.9. The molecule has 3 aromatic rings. The zero-order valence-corrected chi connectivity index (χ0v) is 16.5. The van der Waals surface area contributed by atoms with Gasteiger partial charge in [-0.2, -0.15) is 0 Å². The molecule has 0 fully saturated rings. The molecular weight excluding hydrogens is 455 g/mol. The SMILES string of the molecule is [CH3][Hf]([O]c1ccccc1)([O]c1ccccc1)[O]c1ccccc1. The summed E-state index contributed by atoms with van der Waals surface area (Å²) in [7, 11) is 0. The van der Waals surface area contributed by atoms with E-state index in [1.165, 1.54) is 0 Å². The van der Waals surface area contributed by atoms with Gasteiger partial charge in [-0.15, -0.1) is 0 Å². The van der Waals surface area contributed by atoms with Crippen LogP contribution in [0, 0.1) is 0 Å². The van der Waals surface area contributed by atoms with Gasteiger partial charge in [0.25, 0.3) is 0 Å². The Hall–Kier alpha value is -2.07. The molecular formula is C19H18HfO3. The molecule has 0 unspecified atom stereocenters. The Morgan fingerprint density at radius 3 is 1.00 bits per heavy atom. The molecule has 0 aliphatic heterocycles. The molecule has 3 aromatic carbocycles. The molecule has 3 rings (SSSR count). The third kappa shape index (κ3) is 4.70. The summed E-state index contributed by atoms with van der Waals surface area (Å²) in [4.78, 5) is 0. The quantitative estimate of drug-likeness (QED) is 0.463. The van der Waals surface area contributed by atoms with Crippen molar-refractivity contribution in [2.75, 3.05) is 0 Å². The monoisotopic (exact) mass is 474 g/mol. The van der Waals surface area contributed by atoms with Crippen molar-refractivity contribution in [1.29, 1.82) is 0 Å². The van der Waals surface area contributed by atoms with Crippen LogP contribution in [0.25, 0.3) is 0 Å². The van der Waals surface area contributed by atoms with Crippen molar-refractivity contribution in [2.24, 2.45) is 0 Å². The molecule has 0 aliphatic carbocycles. The van der Waals surface area contributed by atoms with Crippen LogP contribution < -0.4 is 8.56 Å². The average Bonchev–Trinajstić information content (AvgIpc) is 2.57. The minimum absolute atomic E-state index is 0.767. The molecule has 0 N–H and O–H groups in total. The van der Waals surface area contributed by atoms with E-state index in [2.05, 4.69) is 0 Å². The number of para-hydroxylation sites is 3. The van der Waals surface area contributed by atoms with Crippen LogP contribution >= 0.6 is 0 Å². The van der Waals surface area contributed by atoms with Crippen molar-refractivity contribution in [1.82, 2.24) is 0 Å². The number of hydrogen-bond acceptors (Lipinski definition) is 3. The first-order valence-corrected chi connectivity index (χ1v) is 15.4. The van der Waals surface area contributed by atoms with Crippen LogP contribution in [-0.4, -0.2) is 0 Å². The fourth-order valence-electron chi connectivity index (χ4n) is 2.17. The Balaban J connectivity index is 1.85. The zero-order chi connectivity index (χ0) is 16.0. The molecule has 4 heteroatoms. The van der Waals surface area contributed by atoms with Gasteiger partial charge >= 0.3 is 143 Å². The van der Waals surface area contributed by atoms with Crippen molar-refractivity contribution >= 4 is 0 Å². The second kappa shape index (κ2) is 7.47. The first-order valence-electron chi connectivity index (χ1n) is 7.46. The third-order valence-electron chi connectivity index (χ3n) is 3.14. The first-order chi connectivity index (χ1) is 11.2. The van der Waals surface area contributed by atoms with Crippen LogP contribution in [0.2, 0.25) is 4.68 Å². The Morgan fingerprint density at radius 2 is 0.739 bits per heavy atom. The summed E-state index contributed by atoms with van der Waals surface area (Å²) in [5, 5.41) is 0. The summed E-state index contributed by atoms with van der Waals surface area (Å²) in [6, 6.07) is 29.0. The molecule has 0 aliphatic rings. The van der Waals surface area contributed by atoms with E-state index in [1.54, 1.807) is 0 Å². The second-order valence-electron chi connectivity index (χ2n) is 5.11. The molecule has 0 aromatic heterocycles. The van der Waals surface area contributed by atoms with E-state index in [-0.39, 0.29) is 0 Å². The van der Waals surface area contributed by atoms with Crippen LogP contribution in [0.1, 0.15) is 0 Å². The molecule has 3 nitrogen and oxygen atoms in total. The topological polar surface area (TPSA) is 27.7 Å². The molecule has 0 saturated carbocycles.